The van der Waals surface area contributed by atoms with E-state index in [1.807, 2.05) is 31.2 Å². The second kappa shape index (κ2) is 9.75. The molecule has 3 aromatic carbocycles. The highest BCUT2D eigenvalue weighted by atomic mass is 35.5. The fraction of sp³-hybridized carbons (Fsp3) is 0.250. The summed E-state index contributed by atoms with van der Waals surface area (Å²) in [7, 11) is -3.44. The predicted molar refractivity (Wildman–Crippen MR) is 115 cm³/mol. The molecule has 0 unspecified atom stereocenters. The van der Waals surface area contributed by atoms with E-state index >= 15 is 0 Å². The molecule has 3 aromatic rings. The molecule has 1 aliphatic heterocycles. The molecule has 0 saturated carbocycles. The summed E-state index contributed by atoms with van der Waals surface area (Å²) >= 11 is 0. The first-order valence-corrected chi connectivity index (χ1v) is 11.5. The summed E-state index contributed by atoms with van der Waals surface area (Å²) in [6.45, 7) is 4.58. The van der Waals surface area contributed by atoms with Gasteiger partial charge in [-0.3, -0.25) is 0 Å². The first-order valence-electron chi connectivity index (χ1n) is 10.1. The summed E-state index contributed by atoms with van der Waals surface area (Å²) in [6, 6.07) is 28.4. The number of rotatable bonds is 5. The smallest absolute Gasteiger partial charge is 0.243 e. The van der Waals surface area contributed by atoms with Crippen LogP contribution in [-0.2, 0) is 10.0 Å². The Morgan fingerprint density at radius 1 is 0.767 bits per heavy atom. The van der Waals surface area contributed by atoms with Crippen LogP contribution >= 0.6 is 0 Å². The van der Waals surface area contributed by atoms with Crippen LogP contribution in [0.3, 0.4) is 0 Å². The van der Waals surface area contributed by atoms with Gasteiger partial charge in [0, 0.05) is 11.1 Å². The zero-order valence-corrected chi connectivity index (χ0v) is 18.6. The number of benzene rings is 3. The average Bonchev–Trinajstić information content (AvgIpc) is 2.76. The molecule has 1 N–H and O–H groups in total. The van der Waals surface area contributed by atoms with Crippen LogP contribution < -0.4 is 17.3 Å². The normalized spacial score (nSPS) is 15.7. The van der Waals surface area contributed by atoms with Crippen molar-refractivity contribution in [1.29, 1.82) is 0 Å². The maximum absolute atomic E-state index is 13.0. The van der Waals surface area contributed by atoms with Crippen molar-refractivity contribution in [3.05, 3.63) is 102 Å². The summed E-state index contributed by atoms with van der Waals surface area (Å²) in [6.07, 6.45) is 0. The van der Waals surface area contributed by atoms with E-state index in [0.717, 1.165) is 18.7 Å². The Morgan fingerprint density at radius 2 is 1.23 bits per heavy atom. The number of quaternary nitrogens is 1. The number of nitrogens with zero attached hydrogens (tertiary/aromatic N) is 1. The molecule has 1 fully saturated rings. The highest BCUT2D eigenvalue weighted by Gasteiger charge is 2.34. The van der Waals surface area contributed by atoms with Crippen molar-refractivity contribution in [3.63, 3.8) is 0 Å². The maximum Gasteiger partial charge on any atom is 0.243 e. The monoisotopic (exact) mass is 442 g/mol. The quantitative estimate of drug-likeness (QED) is 0.588. The molecule has 4 nitrogen and oxygen atoms in total. The van der Waals surface area contributed by atoms with Gasteiger partial charge in [0.15, 0.2) is 0 Å². The Labute approximate surface area is 185 Å². The van der Waals surface area contributed by atoms with E-state index in [1.54, 1.807) is 16.4 Å². The minimum Gasteiger partial charge on any atom is -1.00 e. The Bertz CT molecular complexity index is 994. The molecular weight excluding hydrogens is 416 g/mol. The fourth-order valence-electron chi connectivity index (χ4n) is 4.12. The van der Waals surface area contributed by atoms with Crippen molar-refractivity contribution < 1.29 is 25.7 Å². The first-order chi connectivity index (χ1) is 14.1. The fourth-order valence-corrected chi connectivity index (χ4v) is 5.56. The Morgan fingerprint density at radius 3 is 1.70 bits per heavy atom. The van der Waals surface area contributed by atoms with Gasteiger partial charge in [-0.15, -0.1) is 0 Å². The lowest BCUT2D eigenvalue weighted by molar-refractivity contribution is -0.929. The summed E-state index contributed by atoms with van der Waals surface area (Å²) in [5, 5.41) is 0. The largest absolute Gasteiger partial charge is 1.00 e. The third-order valence-corrected chi connectivity index (χ3v) is 7.61. The van der Waals surface area contributed by atoms with Gasteiger partial charge in [0.2, 0.25) is 10.0 Å². The molecule has 1 aliphatic rings. The van der Waals surface area contributed by atoms with Crippen molar-refractivity contribution in [1.82, 2.24) is 4.31 Å². The third-order valence-electron chi connectivity index (χ3n) is 5.70. The summed E-state index contributed by atoms with van der Waals surface area (Å²) < 4.78 is 27.7. The average molecular weight is 443 g/mol. The third kappa shape index (κ3) is 4.76. The Kier molecular flexibility index (Phi) is 7.32. The molecule has 0 bridgehead atoms. The van der Waals surface area contributed by atoms with E-state index in [2.05, 4.69) is 48.5 Å². The van der Waals surface area contributed by atoms with Crippen molar-refractivity contribution in [2.45, 2.75) is 17.9 Å². The molecule has 1 heterocycles. The molecule has 0 amide bonds. The van der Waals surface area contributed by atoms with E-state index in [-0.39, 0.29) is 18.4 Å². The van der Waals surface area contributed by atoms with Crippen LogP contribution in [0.4, 0.5) is 0 Å². The van der Waals surface area contributed by atoms with Crippen LogP contribution in [0.2, 0.25) is 0 Å². The zero-order valence-electron chi connectivity index (χ0n) is 17.0. The van der Waals surface area contributed by atoms with Crippen molar-refractivity contribution in [3.8, 4) is 0 Å². The molecule has 0 aromatic heterocycles. The topological polar surface area (TPSA) is 41.8 Å². The first kappa shape index (κ1) is 22.5. The number of sulfonamides is 1. The minimum absolute atomic E-state index is 0. The lowest BCUT2D eigenvalue weighted by Crippen LogP contribution is -3.15. The molecule has 0 spiro atoms. The number of aryl methyl sites for hydroxylation is 1. The lowest BCUT2D eigenvalue weighted by Gasteiger charge is -2.36. The van der Waals surface area contributed by atoms with Gasteiger partial charge in [-0.25, -0.2) is 8.42 Å². The second-order valence-corrected chi connectivity index (χ2v) is 9.57. The molecular formula is C24H27ClN2O2S. The van der Waals surface area contributed by atoms with Gasteiger partial charge in [0.1, 0.15) is 6.04 Å². The Balaban J connectivity index is 0.00000256. The number of hydrogen-bond acceptors (Lipinski definition) is 2. The number of nitrogens with one attached hydrogen (secondary N) is 1. The van der Waals surface area contributed by atoms with Gasteiger partial charge in [0.05, 0.1) is 31.1 Å². The van der Waals surface area contributed by atoms with E-state index in [9.17, 15) is 8.42 Å². The molecule has 6 heteroatoms. The van der Waals surface area contributed by atoms with Crippen molar-refractivity contribution in [2.75, 3.05) is 26.2 Å². The number of piperazine rings is 1. The molecule has 0 aliphatic carbocycles. The minimum atomic E-state index is -3.44. The molecule has 1 saturated heterocycles. The number of halogens is 1. The molecule has 4 rings (SSSR count). The molecule has 0 radical (unpaired) electrons. The van der Waals surface area contributed by atoms with Crippen LogP contribution in [0.5, 0.6) is 0 Å². The Hall–Kier alpha value is -2.18. The van der Waals surface area contributed by atoms with Crippen LogP contribution in [0, 0.1) is 6.92 Å². The summed E-state index contributed by atoms with van der Waals surface area (Å²) in [5.74, 6) is 0. The van der Waals surface area contributed by atoms with E-state index in [4.69, 9.17) is 0 Å². The van der Waals surface area contributed by atoms with E-state index in [1.165, 1.54) is 16.0 Å². The predicted octanol–water partition coefficient (Wildman–Crippen LogP) is -0.322. The molecule has 158 valence electrons. The number of hydrogen-bond donors (Lipinski definition) is 1. The maximum atomic E-state index is 13.0. The van der Waals surface area contributed by atoms with Gasteiger partial charge >= 0.3 is 0 Å². The lowest BCUT2D eigenvalue weighted by atomic mass is 9.96. The standard InChI is InChI=1S/C24H26N2O2S.ClH/c1-20-12-14-23(15-13-20)29(27,28)26-18-16-25(17-19-26)24(21-8-4-2-5-9-21)22-10-6-3-7-11-22;/h2-15,24H,16-19H2,1H3;1H. The zero-order chi connectivity index (χ0) is 20.3. The van der Waals surface area contributed by atoms with Crippen LogP contribution in [-0.4, -0.2) is 38.9 Å². The van der Waals surface area contributed by atoms with Crippen LogP contribution in [0.15, 0.2) is 89.8 Å². The molecule has 0 atom stereocenters. The SMILES string of the molecule is Cc1ccc(S(=O)(=O)N2CC[NH+](C(c3ccccc3)c3ccccc3)CC2)cc1.[Cl-]. The van der Waals surface area contributed by atoms with Gasteiger partial charge in [-0.05, 0) is 19.1 Å². The highest BCUT2D eigenvalue weighted by Crippen LogP contribution is 2.21. The van der Waals surface area contributed by atoms with E-state index < -0.39 is 10.0 Å². The van der Waals surface area contributed by atoms with Crippen LogP contribution in [0.1, 0.15) is 22.7 Å². The summed E-state index contributed by atoms with van der Waals surface area (Å²) in [4.78, 5) is 1.78. The van der Waals surface area contributed by atoms with Crippen molar-refractivity contribution >= 4 is 10.0 Å². The van der Waals surface area contributed by atoms with Gasteiger partial charge in [-0.2, -0.15) is 4.31 Å². The highest BCUT2D eigenvalue weighted by molar-refractivity contribution is 7.89. The van der Waals surface area contributed by atoms with Gasteiger partial charge < -0.3 is 17.3 Å². The second-order valence-electron chi connectivity index (χ2n) is 7.63. The van der Waals surface area contributed by atoms with Crippen molar-refractivity contribution in [2.24, 2.45) is 0 Å². The van der Waals surface area contributed by atoms with E-state index in [0.29, 0.717) is 18.0 Å². The van der Waals surface area contributed by atoms with Gasteiger partial charge in [0.25, 0.3) is 0 Å². The van der Waals surface area contributed by atoms with Crippen LogP contribution in [0.25, 0.3) is 0 Å². The molecule has 30 heavy (non-hydrogen) atoms. The van der Waals surface area contributed by atoms with Gasteiger partial charge in [-0.1, -0.05) is 78.4 Å². The summed E-state index contributed by atoms with van der Waals surface area (Å²) in [5.41, 5.74) is 3.60.